The Balaban J connectivity index is 0.00000243. The van der Waals surface area contributed by atoms with Gasteiger partial charge < -0.3 is 20.1 Å². The van der Waals surface area contributed by atoms with Gasteiger partial charge in [-0.05, 0) is 61.3 Å². The average Bonchev–Trinajstić information content (AvgIpc) is 3.15. The Kier molecular flexibility index (Phi) is 8.19. The van der Waals surface area contributed by atoms with Crippen LogP contribution in [-0.4, -0.2) is 55.8 Å². The maximum Gasteiger partial charge on any atom is 0.222 e. The molecule has 3 rings (SSSR count). The quantitative estimate of drug-likeness (QED) is 0.791. The summed E-state index contributed by atoms with van der Waals surface area (Å²) in [5, 5.41) is 12.9. The van der Waals surface area contributed by atoms with Crippen molar-refractivity contribution >= 4 is 18.3 Å². The standard InChI is InChI=1S/C20H30N2O3.ClH/c1-25-18-5-2-15(3-6-18)4-7-20(24)22-10-8-16(9-11-22)19-13-21-12-17(19)14-23;/h2-3,5-6,16-17,19,21,23H,4,7-14H2,1H3;1H/t17-,19-;/m0./s1. The summed E-state index contributed by atoms with van der Waals surface area (Å²) in [4.78, 5) is 14.5. The molecule has 2 aliphatic heterocycles. The van der Waals surface area contributed by atoms with Gasteiger partial charge in [-0.1, -0.05) is 12.1 Å². The molecular weight excluding hydrogens is 352 g/mol. The number of halogens is 1. The van der Waals surface area contributed by atoms with Crippen LogP contribution >= 0.6 is 12.4 Å². The van der Waals surface area contributed by atoms with Crippen molar-refractivity contribution in [2.45, 2.75) is 25.7 Å². The summed E-state index contributed by atoms with van der Waals surface area (Å²) in [7, 11) is 1.66. The highest BCUT2D eigenvalue weighted by molar-refractivity contribution is 5.85. The second kappa shape index (κ2) is 10.1. The largest absolute Gasteiger partial charge is 0.497 e. The van der Waals surface area contributed by atoms with Gasteiger partial charge in [0.25, 0.3) is 0 Å². The number of aliphatic hydroxyl groups excluding tert-OH is 1. The third-order valence-corrected chi connectivity index (χ3v) is 5.91. The van der Waals surface area contributed by atoms with Gasteiger partial charge in [-0.2, -0.15) is 0 Å². The molecule has 2 heterocycles. The molecule has 5 nitrogen and oxygen atoms in total. The van der Waals surface area contributed by atoms with Gasteiger partial charge in [-0.15, -0.1) is 12.4 Å². The summed E-state index contributed by atoms with van der Waals surface area (Å²) in [6.07, 6.45) is 3.48. The van der Waals surface area contributed by atoms with Crippen LogP contribution in [0.3, 0.4) is 0 Å². The van der Waals surface area contributed by atoms with Crippen LogP contribution < -0.4 is 10.1 Å². The van der Waals surface area contributed by atoms with Crippen LogP contribution in [0.15, 0.2) is 24.3 Å². The molecular formula is C20H31ClN2O3. The molecule has 0 saturated carbocycles. The Hall–Kier alpha value is -1.30. The summed E-state index contributed by atoms with van der Waals surface area (Å²) in [6.45, 7) is 3.95. The molecule has 0 unspecified atom stereocenters. The minimum atomic E-state index is 0. The molecule has 2 N–H and O–H groups in total. The fourth-order valence-corrected chi connectivity index (χ4v) is 4.28. The fourth-order valence-electron chi connectivity index (χ4n) is 4.28. The molecule has 0 aliphatic carbocycles. The number of carbonyl (C=O) groups is 1. The minimum Gasteiger partial charge on any atom is -0.497 e. The van der Waals surface area contributed by atoms with Crippen molar-refractivity contribution in [1.82, 2.24) is 10.2 Å². The first-order valence-corrected chi connectivity index (χ1v) is 9.43. The van der Waals surface area contributed by atoms with Crippen LogP contribution in [0.25, 0.3) is 0 Å². The lowest BCUT2D eigenvalue weighted by Gasteiger charge is -2.36. The van der Waals surface area contributed by atoms with Crippen molar-refractivity contribution in [2.75, 3.05) is 39.9 Å². The topological polar surface area (TPSA) is 61.8 Å². The third-order valence-electron chi connectivity index (χ3n) is 5.91. The van der Waals surface area contributed by atoms with E-state index in [1.807, 2.05) is 29.2 Å². The number of aliphatic hydroxyl groups is 1. The Morgan fingerprint density at radius 1 is 1.23 bits per heavy atom. The molecule has 1 aromatic rings. The Morgan fingerprint density at radius 2 is 1.92 bits per heavy atom. The van der Waals surface area contributed by atoms with Gasteiger partial charge in [0.1, 0.15) is 5.75 Å². The van der Waals surface area contributed by atoms with Crippen molar-refractivity contribution in [1.29, 1.82) is 0 Å². The molecule has 26 heavy (non-hydrogen) atoms. The van der Waals surface area contributed by atoms with E-state index in [-0.39, 0.29) is 24.9 Å². The fraction of sp³-hybridized carbons (Fsp3) is 0.650. The Morgan fingerprint density at radius 3 is 2.54 bits per heavy atom. The zero-order valence-electron chi connectivity index (χ0n) is 15.5. The highest BCUT2D eigenvalue weighted by atomic mass is 35.5. The molecule has 0 bridgehead atoms. The number of rotatable bonds is 6. The summed E-state index contributed by atoms with van der Waals surface area (Å²) >= 11 is 0. The van der Waals surface area contributed by atoms with Gasteiger partial charge in [-0.25, -0.2) is 0 Å². The molecule has 1 aromatic carbocycles. The van der Waals surface area contributed by atoms with Crippen molar-refractivity contribution in [3.05, 3.63) is 29.8 Å². The monoisotopic (exact) mass is 382 g/mol. The number of ether oxygens (including phenoxy) is 1. The normalized spacial score (nSPS) is 23.5. The highest BCUT2D eigenvalue weighted by Crippen LogP contribution is 2.32. The van der Waals surface area contributed by atoms with E-state index in [0.717, 1.165) is 51.2 Å². The number of likely N-dealkylation sites (tertiary alicyclic amines) is 1. The predicted molar refractivity (Wildman–Crippen MR) is 105 cm³/mol. The molecule has 146 valence electrons. The molecule has 6 heteroatoms. The summed E-state index contributed by atoms with van der Waals surface area (Å²) in [5.41, 5.74) is 1.17. The molecule has 0 radical (unpaired) electrons. The van der Waals surface area contributed by atoms with E-state index in [0.29, 0.717) is 24.2 Å². The Labute approximate surface area is 162 Å². The molecule has 2 fully saturated rings. The molecule has 2 atom stereocenters. The van der Waals surface area contributed by atoms with E-state index in [9.17, 15) is 9.90 Å². The van der Waals surface area contributed by atoms with E-state index in [4.69, 9.17) is 4.74 Å². The number of amides is 1. The smallest absolute Gasteiger partial charge is 0.222 e. The van der Waals surface area contributed by atoms with Crippen molar-refractivity contribution in [2.24, 2.45) is 17.8 Å². The number of piperidine rings is 1. The summed E-state index contributed by atoms with van der Waals surface area (Å²) in [5.74, 6) is 2.71. The van der Waals surface area contributed by atoms with Crippen molar-refractivity contribution in [3.8, 4) is 5.75 Å². The van der Waals surface area contributed by atoms with Crippen LogP contribution in [0.2, 0.25) is 0 Å². The van der Waals surface area contributed by atoms with Crippen LogP contribution in [0.4, 0.5) is 0 Å². The van der Waals surface area contributed by atoms with Crippen molar-refractivity contribution < 1.29 is 14.6 Å². The second-order valence-corrected chi connectivity index (χ2v) is 7.33. The maximum atomic E-state index is 12.5. The number of carbonyl (C=O) groups excluding carboxylic acids is 1. The second-order valence-electron chi connectivity index (χ2n) is 7.33. The first kappa shape index (κ1) is 21.0. The van der Waals surface area contributed by atoms with Gasteiger partial charge in [0.05, 0.1) is 7.11 Å². The first-order valence-electron chi connectivity index (χ1n) is 9.43. The molecule has 0 aromatic heterocycles. The Bertz CT molecular complexity index is 559. The lowest BCUT2D eigenvalue weighted by molar-refractivity contribution is -0.132. The molecule has 1 amide bonds. The first-order chi connectivity index (χ1) is 12.2. The van der Waals surface area contributed by atoms with Crippen LogP contribution in [0.5, 0.6) is 5.75 Å². The van der Waals surface area contributed by atoms with E-state index >= 15 is 0 Å². The number of hydrogen-bond donors (Lipinski definition) is 2. The average molecular weight is 383 g/mol. The SMILES string of the molecule is COc1ccc(CCC(=O)N2CCC([C@@H]3CNC[C@H]3CO)CC2)cc1.Cl. The van der Waals surface area contributed by atoms with E-state index in [2.05, 4.69) is 5.32 Å². The van der Waals surface area contributed by atoms with Gasteiger partial charge in [0.15, 0.2) is 0 Å². The zero-order chi connectivity index (χ0) is 17.6. The summed E-state index contributed by atoms with van der Waals surface area (Å²) < 4.78 is 5.16. The van der Waals surface area contributed by atoms with E-state index < -0.39 is 0 Å². The van der Waals surface area contributed by atoms with Crippen molar-refractivity contribution in [3.63, 3.8) is 0 Å². The van der Waals surface area contributed by atoms with Crippen LogP contribution in [0.1, 0.15) is 24.8 Å². The van der Waals surface area contributed by atoms with E-state index in [1.165, 1.54) is 5.56 Å². The maximum absolute atomic E-state index is 12.5. The number of hydrogen-bond acceptors (Lipinski definition) is 4. The van der Waals surface area contributed by atoms with Gasteiger partial charge in [-0.3, -0.25) is 4.79 Å². The predicted octanol–water partition coefficient (Wildman–Crippen LogP) is 2.12. The van der Waals surface area contributed by atoms with E-state index in [1.54, 1.807) is 7.11 Å². The highest BCUT2D eigenvalue weighted by Gasteiger charge is 2.35. The van der Waals surface area contributed by atoms with Gasteiger partial charge in [0, 0.05) is 32.7 Å². The van der Waals surface area contributed by atoms with Gasteiger partial charge in [0.2, 0.25) is 5.91 Å². The van der Waals surface area contributed by atoms with Crippen LogP contribution in [0, 0.1) is 17.8 Å². The number of nitrogens with one attached hydrogen (secondary N) is 1. The molecule has 2 saturated heterocycles. The third kappa shape index (κ3) is 5.12. The lowest BCUT2D eigenvalue weighted by Crippen LogP contribution is -2.41. The number of nitrogens with zero attached hydrogens (tertiary/aromatic N) is 1. The number of benzene rings is 1. The number of aryl methyl sites for hydroxylation is 1. The summed E-state index contributed by atoms with van der Waals surface area (Å²) in [6, 6.07) is 7.94. The zero-order valence-corrected chi connectivity index (χ0v) is 16.3. The molecule has 0 spiro atoms. The molecule has 2 aliphatic rings. The minimum absolute atomic E-state index is 0. The lowest BCUT2D eigenvalue weighted by atomic mass is 9.79. The number of methoxy groups -OCH3 is 1. The van der Waals surface area contributed by atoms with Crippen LogP contribution in [-0.2, 0) is 11.2 Å². The van der Waals surface area contributed by atoms with Gasteiger partial charge >= 0.3 is 0 Å².